The van der Waals surface area contributed by atoms with Crippen LogP contribution in [0.4, 0.5) is 5.13 Å². The Morgan fingerprint density at radius 1 is 1.32 bits per heavy atom. The second kappa shape index (κ2) is 8.34. The third-order valence-corrected chi connectivity index (χ3v) is 5.07. The van der Waals surface area contributed by atoms with E-state index < -0.39 is 0 Å². The highest BCUT2D eigenvalue weighted by Crippen LogP contribution is 2.22. The van der Waals surface area contributed by atoms with Gasteiger partial charge in [0.1, 0.15) is 0 Å². The van der Waals surface area contributed by atoms with Crippen LogP contribution in [0.25, 0.3) is 0 Å². The highest BCUT2D eigenvalue weighted by atomic mass is 32.2. The molecule has 0 bridgehead atoms. The lowest BCUT2D eigenvalue weighted by Crippen LogP contribution is -2.11. The van der Waals surface area contributed by atoms with Crippen LogP contribution in [0.1, 0.15) is 43.9 Å². The van der Waals surface area contributed by atoms with Crippen molar-refractivity contribution in [1.82, 2.24) is 4.98 Å². The van der Waals surface area contributed by atoms with E-state index in [1.807, 2.05) is 5.38 Å². The summed E-state index contributed by atoms with van der Waals surface area (Å²) in [4.78, 5) is 17.6. The Labute approximate surface area is 140 Å². The molecule has 118 valence electrons. The fraction of sp³-hybridized carbons (Fsp3) is 0.412. The standard InChI is InChI=1S/C17H22N2OS2/c1-12(2)15-11-22-17(18-15)19-16(20)5-4-10-21-14-8-6-13(3)7-9-14/h6-9,11-12H,4-5,10H2,1-3H3,(H,18,19,20). The molecule has 0 saturated carbocycles. The van der Waals surface area contributed by atoms with Crippen LogP contribution in [-0.2, 0) is 4.79 Å². The first-order valence-electron chi connectivity index (χ1n) is 7.49. The molecule has 0 saturated heterocycles. The number of amides is 1. The molecule has 2 rings (SSSR count). The quantitative estimate of drug-likeness (QED) is 0.567. The van der Waals surface area contributed by atoms with Gasteiger partial charge in [0.15, 0.2) is 5.13 Å². The Bertz CT molecular complexity index is 605. The number of benzene rings is 1. The van der Waals surface area contributed by atoms with E-state index >= 15 is 0 Å². The number of carbonyl (C=O) groups excluding carboxylic acids is 1. The van der Waals surface area contributed by atoms with E-state index in [0.29, 0.717) is 17.5 Å². The summed E-state index contributed by atoms with van der Waals surface area (Å²) in [6.07, 6.45) is 1.41. The van der Waals surface area contributed by atoms with Crippen LogP contribution in [-0.4, -0.2) is 16.6 Å². The molecule has 0 spiro atoms. The molecule has 1 N–H and O–H groups in total. The minimum atomic E-state index is 0.0502. The Balaban J connectivity index is 1.68. The van der Waals surface area contributed by atoms with E-state index in [1.165, 1.54) is 21.8 Å². The van der Waals surface area contributed by atoms with Gasteiger partial charge >= 0.3 is 0 Å². The minimum Gasteiger partial charge on any atom is -0.302 e. The minimum absolute atomic E-state index is 0.0502. The molecule has 0 atom stereocenters. The van der Waals surface area contributed by atoms with Crippen LogP contribution in [0.2, 0.25) is 0 Å². The van der Waals surface area contributed by atoms with Crippen LogP contribution < -0.4 is 5.32 Å². The highest BCUT2D eigenvalue weighted by Gasteiger charge is 2.08. The lowest BCUT2D eigenvalue weighted by molar-refractivity contribution is -0.116. The average Bonchev–Trinajstić information content (AvgIpc) is 2.94. The summed E-state index contributed by atoms with van der Waals surface area (Å²) in [5.74, 6) is 1.40. The van der Waals surface area contributed by atoms with Gasteiger partial charge in [0.25, 0.3) is 0 Å². The van der Waals surface area contributed by atoms with Gasteiger partial charge in [0.05, 0.1) is 5.69 Å². The first-order chi connectivity index (χ1) is 10.5. The van der Waals surface area contributed by atoms with Crippen molar-refractivity contribution in [2.75, 3.05) is 11.1 Å². The van der Waals surface area contributed by atoms with Crippen molar-refractivity contribution in [3.63, 3.8) is 0 Å². The molecule has 1 heterocycles. The predicted molar refractivity (Wildman–Crippen MR) is 96.0 cm³/mol. The number of aromatic nitrogens is 1. The maximum absolute atomic E-state index is 11.9. The van der Waals surface area contributed by atoms with Crippen molar-refractivity contribution >= 4 is 34.1 Å². The van der Waals surface area contributed by atoms with Crippen LogP contribution in [0.15, 0.2) is 34.5 Å². The SMILES string of the molecule is Cc1ccc(SCCCC(=O)Nc2nc(C(C)C)cs2)cc1. The molecule has 1 aromatic heterocycles. The first-order valence-corrected chi connectivity index (χ1v) is 9.36. The van der Waals surface area contributed by atoms with Crippen molar-refractivity contribution in [2.24, 2.45) is 0 Å². The third kappa shape index (κ3) is 5.46. The van der Waals surface area contributed by atoms with Crippen molar-refractivity contribution < 1.29 is 4.79 Å². The third-order valence-electron chi connectivity index (χ3n) is 3.20. The molecule has 3 nitrogen and oxygen atoms in total. The molecule has 0 fully saturated rings. The Hall–Kier alpha value is -1.33. The average molecular weight is 335 g/mol. The summed E-state index contributed by atoms with van der Waals surface area (Å²) in [6.45, 7) is 6.29. The van der Waals surface area contributed by atoms with E-state index in [1.54, 1.807) is 11.8 Å². The number of hydrogen-bond acceptors (Lipinski definition) is 4. The zero-order valence-electron chi connectivity index (χ0n) is 13.3. The Morgan fingerprint density at radius 2 is 2.05 bits per heavy atom. The summed E-state index contributed by atoms with van der Waals surface area (Å²) in [7, 11) is 0. The largest absolute Gasteiger partial charge is 0.302 e. The molecular weight excluding hydrogens is 312 g/mol. The van der Waals surface area contributed by atoms with Crippen LogP contribution in [0.5, 0.6) is 0 Å². The summed E-state index contributed by atoms with van der Waals surface area (Å²) in [5, 5.41) is 5.60. The second-order valence-corrected chi connectivity index (χ2v) is 7.57. The van der Waals surface area contributed by atoms with Crippen LogP contribution in [0, 0.1) is 6.92 Å². The van der Waals surface area contributed by atoms with Crippen molar-refractivity contribution in [2.45, 2.75) is 44.4 Å². The molecule has 0 radical (unpaired) electrons. The summed E-state index contributed by atoms with van der Waals surface area (Å²) in [5.41, 5.74) is 2.31. The fourth-order valence-corrected chi connectivity index (χ4v) is 3.59. The van der Waals surface area contributed by atoms with E-state index in [-0.39, 0.29) is 5.91 Å². The van der Waals surface area contributed by atoms with Crippen LogP contribution >= 0.6 is 23.1 Å². The lowest BCUT2D eigenvalue weighted by Gasteiger charge is -2.03. The smallest absolute Gasteiger partial charge is 0.226 e. The van der Waals surface area contributed by atoms with Gasteiger partial charge in [-0.15, -0.1) is 23.1 Å². The first kappa shape index (κ1) is 17.0. The number of aryl methyl sites for hydroxylation is 1. The zero-order valence-corrected chi connectivity index (χ0v) is 14.9. The Kier molecular flexibility index (Phi) is 6.46. The molecule has 0 aliphatic carbocycles. The van der Waals surface area contributed by atoms with Gasteiger partial charge in [-0.05, 0) is 37.1 Å². The van der Waals surface area contributed by atoms with Crippen molar-refractivity contribution in [3.05, 3.63) is 40.9 Å². The summed E-state index contributed by atoms with van der Waals surface area (Å²) < 4.78 is 0. The van der Waals surface area contributed by atoms with E-state index in [4.69, 9.17) is 0 Å². The van der Waals surface area contributed by atoms with E-state index in [9.17, 15) is 4.79 Å². The van der Waals surface area contributed by atoms with Crippen molar-refractivity contribution in [1.29, 1.82) is 0 Å². The fourth-order valence-electron chi connectivity index (χ4n) is 1.85. The zero-order chi connectivity index (χ0) is 15.9. The number of rotatable bonds is 7. The number of thiazole rings is 1. The normalized spacial score (nSPS) is 10.9. The van der Waals surface area contributed by atoms with Gasteiger partial charge in [-0.2, -0.15) is 0 Å². The molecule has 1 aromatic carbocycles. The maximum Gasteiger partial charge on any atom is 0.226 e. The van der Waals surface area contributed by atoms with E-state index in [0.717, 1.165) is 17.9 Å². The molecule has 0 aliphatic heterocycles. The van der Waals surface area contributed by atoms with Crippen LogP contribution in [0.3, 0.4) is 0 Å². The topological polar surface area (TPSA) is 42.0 Å². The molecule has 22 heavy (non-hydrogen) atoms. The summed E-state index contributed by atoms with van der Waals surface area (Å²) >= 11 is 3.29. The molecule has 2 aromatic rings. The van der Waals surface area contributed by atoms with E-state index in [2.05, 4.69) is 55.3 Å². The lowest BCUT2D eigenvalue weighted by atomic mass is 10.2. The van der Waals surface area contributed by atoms with Gasteiger partial charge < -0.3 is 5.32 Å². The maximum atomic E-state index is 11.9. The van der Waals surface area contributed by atoms with Gasteiger partial charge in [0, 0.05) is 16.7 Å². The van der Waals surface area contributed by atoms with Gasteiger partial charge in [-0.3, -0.25) is 4.79 Å². The van der Waals surface area contributed by atoms with Gasteiger partial charge in [-0.1, -0.05) is 31.5 Å². The van der Waals surface area contributed by atoms with Gasteiger partial charge in [-0.25, -0.2) is 4.98 Å². The number of anilines is 1. The number of hydrogen-bond donors (Lipinski definition) is 1. The Morgan fingerprint density at radius 3 is 2.68 bits per heavy atom. The number of nitrogens with one attached hydrogen (secondary N) is 1. The second-order valence-electron chi connectivity index (χ2n) is 5.55. The number of carbonyl (C=O) groups is 1. The van der Waals surface area contributed by atoms with Crippen molar-refractivity contribution in [3.8, 4) is 0 Å². The molecule has 0 unspecified atom stereocenters. The predicted octanol–water partition coefficient (Wildman–Crippen LogP) is 5.09. The monoisotopic (exact) mass is 334 g/mol. The molecular formula is C17H22N2OS2. The van der Waals surface area contributed by atoms with Gasteiger partial charge in [0.2, 0.25) is 5.91 Å². The number of nitrogens with zero attached hydrogens (tertiary/aromatic N) is 1. The summed E-state index contributed by atoms with van der Waals surface area (Å²) in [6, 6.07) is 8.49. The molecule has 0 aliphatic rings. The molecule has 5 heteroatoms. The molecule has 1 amide bonds. The highest BCUT2D eigenvalue weighted by molar-refractivity contribution is 7.99. The number of thioether (sulfide) groups is 1.